The standard InChI is InChI=1S/C24H37N3O3/c28-23-7-13-27(14-8-23)24(29)17-19-1-3-22(4-2-19)26-11-5-21(6-12-26)25-18-20-9-15-30-16-10-20/h1-4,20-21,23,25,28H,5-18H2. The summed E-state index contributed by atoms with van der Waals surface area (Å²) in [5.41, 5.74) is 2.33. The van der Waals surface area contributed by atoms with Crippen molar-refractivity contribution < 1.29 is 14.6 Å². The van der Waals surface area contributed by atoms with E-state index in [4.69, 9.17) is 4.74 Å². The Balaban J connectivity index is 1.19. The lowest BCUT2D eigenvalue weighted by molar-refractivity contribution is -0.132. The monoisotopic (exact) mass is 415 g/mol. The molecule has 6 heteroatoms. The SMILES string of the molecule is O=C(Cc1ccc(N2CCC(NCC3CCOCC3)CC2)cc1)N1CCC(O)CC1. The van der Waals surface area contributed by atoms with Crippen LogP contribution in [0.3, 0.4) is 0 Å². The molecule has 0 radical (unpaired) electrons. The molecule has 1 aromatic rings. The van der Waals surface area contributed by atoms with E-state index in [2.05, 4.69) is 34.5 Å². The number of benzene rings is 1. The molecule has 30 heavy (non-hydrogen) atoms. The number of anilines is 1. The number of ether oxygens (including phenoxy) is 1. The van der Waals surface area contributed by atoms with Crippen LogP contribution in [0.15, 0.2) is 24.3 Å². The summed E-state index contributed by atoms with van der Waals surface area (Å²) in [5, 5.41) is 13.4. The van der Waals surface area contributed by atoms with E-state index in [-0.39, 0.29) is 12.0 Å². The van der Waals surface area contributed by atoms with Gasteiger partial charge in [-0.3, -0.25) is 4.79 Å². The maximum Gasteiger partial charge on any atom is 0.226 e. The zero-order valence-corrected chi connectivity index (χ0v) is 18.1. The highest BCUT2D eigenvalue weighted by atomic mass is 16.5. The second kappa shape index (κ2) is 10.6. The Hall–Kier alpha value is -1.63. The van der Waals surface area contributed by atoms with Gasteiger partial charge in [-0.15, -0.1) is 0 Å². The minimum atomic E-state index is -0.241. The number of aliphatic hydroxyl groups is 1. The van der Waals surface area contributed by atoms with E-state index in [0.29, 0.717) is 38.4 Å². The molecule has 2 N–H and O–H groups in total. The maximum atomic E-state index is 12.5. The zero-order chi connectivity index (χ0) is 20.8. The fraction of sp³-hybridized carbons (Fsp3) is 0.708. The first-order valence-corrected chi connectivity index (χ1v) is 11.8. The summed E-state index contributed by atoms with van der Waals surface area (Å²) in [5.74, 6) is 0.952. The zero-order valence-electron chi connectivity index (χ0n) is 18.1. The molecule has 1 amide bonds. The van der Waals surface area contributed by atoms with Crippen LogP contribution in [0, 0.1) is 5.92 Å². The fourth-order valence-electron chi connectivity index (χ4n) is 4.85. The van der Waals surface area contributed by atoms with Crippen molar-refractivity contribution in [2.75, 3.05) is 50.8 Å². The van der Waals surface area contributed by atoms with Gasteiger partial charge in [0.05, 0.1) is 12.5 Å². The van der Waals surface area contributed by atoms with Crippen LogP contribution in [0.1, 0.15) is 44.1 Å². The molecule has 1 aromatic carbocycles. The number of hydrogen-bond donors (Lipinski definition) is 2. The van der Waals surface area contributed by atoms with E-state index in [1.54, 1.807) is 0 Å². The number of aliphatic hydroxyl groups excluding tert-OH is 1. The van der Waals surface area contributed by atoms with Gasteiger partial charge in [0, 0.05) is 51.1 Å². The lowest BCUT2D eigenvalue weighted by Crippen LogP contribution is -2.44. The van der Waals surface area contributed by atoms with Crippen molar-refractivity contribution >= 4 is 11.6 Å². The van der Waals surface area contributed by atoms with Crippen molar-refractivity contribution in [1.29, 1.82) is 0 Å². The number of amides is 1. The van der Waals surface area contributed by atoms with E-state index in [0.717, 1.165) is 44.3 Å². The van der Waals surface area contributed by atoms with Crippen LogP contribution < -0.4 is 10.2 Å². The van der Waals surface area contributed by atoms with Crippen molar-refractivity contribution in [3.63, 3.8) is 0 Å². The van der Waals surface area contributed by atoms with Gasteiger partial charge < -0.3 is 25.0 Å². The first-order valence-electron chi connectivity index (χ1n) is 11.8. The summed E-state index contributed by atoms with van der Waals surface area (Å²) in [6.45, 7) is 6.50. The molecule has 3 aliphatic heterocycles. The molecule has 0 aliphatic carbocycles. The maximum absolute atomic E-state index is 12.5. The number of hydrogen-bond acceptors (Lipinski definition) is 5. The molecule has 0 unspecified atom stereocenters. The molecular weight excluding hydrogens is 378 g/mol. The predicted molar refractivity (Wildman–Crippen MR) is 119 cm³/mol. The molecule has 4 rings (SSSR count). The van der Waals surface area contributed by atoms with Crippen LogP contribution in [0.2, 0.25) is 0 Å². The van der Waals surface area contributed by atoms with Crippen molar-refractivity contribution in [2.24, 2.45) is 5.92 Å². The first kappa shape index (κ1) is 21.6. The molecule has 3 fully saturated rings. The number of nitrogens with one attached hydrogen (secondary N) is 1. The predicted octanol–water partition coefficient (Wildman–Crippen LogP) is 2.20. The second-order valence-corrected chi connectivity index (χ2v) is 9.18. The third-order valence-electron chi connectivity index (χ3n) is 7.01. The van der Waals surface area contributed by atoms with E-state index in [1.165, 1.54) is 31.4 Å². The van der Waals surface area contributed by atoms with Gasteiger partial charge in [0.25, 0.3) is 0 Å². The van der Waals surface area contributed by atoms with Crippen LogP contribution in [0.4, 0.5) is 5.69 Å². The highest BCUT2D eigenvalue weighted by molar-refractivity contribution is 5.79. The average Bonchev–Trinajstić information content (AvgIpc) is 2.80. The molecular formula is C24H37N3O3. The minimum Gasteiger partial charge on any atom is -0.393 e. The van der Waals surface area contributed by atoms with Crippen molar-refractivity contribution in [1.82, 2.24) is 10.2 Å². The van der Waals surface area contributed by atoms with E-state index >= 15 is 0 Å². The Morgan fingerprint density at radius 2 is 1.63 bits per heavy atom. The first-order chi connectivity index (χ1) is 14.7. The summed E-state index contributed by atoms with van der Waals surface area (Å²) < 4.78 is 5.45. The number of piperidine rings is 2. The van der Waals surface area contributed by atoms with Crippen LogP contribution in [0.5, 0.6) is 0 Å². The van der Waals surface area contributed by atoms with E-state index < -0.39 is 0 Å². The lowest BCUT2D eigenvalue weighted by Gasteiger charge is -2.35. The smallest absolute Gasteiger partial charge is 0.226 e. The van der Waals surface area contributed by atoms with Crippen LogP contribution in [0.25, 0.3) is 0 Å². The summed E-state index contributed by atoms with van der Waals surface area (Å²) in [4.78, 5) is 16.8. The van der Waals surface area contributed by atoms with Gasteiger partial charge in [-0.2, -0.15) is 0 Å². The summed E-state index contributed by atoms with van der Waals surface area (Å²) in [6.07, 6.45) is 6.37. The number of carbonyl (C=O) groups excluding carboxylic acids is 1. The largest absolute Gasteiger partial charge is 0.393 e. The quantitative estimate of drug-likeness (QED) is 0.746. The molecule has 0 aromatic heterocycles. The molecule has 0 spiro atoms. The Bertz CT molecular complexity index is 659. The van der Waals surface area contributed by atoms with Gasteiger partial charge in [-0.1, -0.05) is 12.1 Å². The Morgan fingerprint density at radius 1 is 0.967 bits per heavy atom. The normalized spacial score (nSPS) is 22.4. The summed E-state index contributed by atoms with van der Waals surface area (Å²) in [6, 6.07) is 9.16. The van der Waals surface area contributed by atoms with Gasteiger partial charge in [0.1, 0.15) is 0 Å². The Kier molecular flexibility index (Phi) is 7.63. The lowest BCUT2D eigenvalue weighted by atomic mass is 9.98. The van der Waals surface area contributed by atoms with Crippen LogP contribution in [-0.4, -0.2) is 74.0 Å². The van der Waals surface area contributed by atoms with E-state index in [9.17, 15) is 9.90 Å². The van der Waals surface area contributed by atoms with Gasteiger partial charge in [0.15, 0.2) is 0 Å². The highest BCUT2D eigenvalue weighted by Crippen LogP contribution is 2.22. The molecule has 0 saturated carbocycles. The van der Waals surface area contributed by atoms with E-state index in [1.807, 2.05) is 4.90 Å². The minimum absolute atomic E-state index is 0.172. The van der Waals surface area contributed by atoms with Gasteiger partial charge >= 0.3 is 0 Å². The molecule has 3 aliphatic rings. The fourth-order valence-corrected chi connectivity index (χ4v) is 4.85. The molecule has 3 heterocycles. The average molecular weight is 416 g/mol. The number of carbonyl (C=O) groups is 1. The van der Waals surface area contributed by atoms with Crippen LogP contribution >= 0.6 is 0 Å². The molecule has 0 atom stereocenters. The topological polar surface area (TPSA) is 65.0 Å². The summed E-state index contributed by atoms with van der Waals surface area (Å²) in [7, 11) is 0. The number of nitrogens with zero attached hydrogens (tertiary/aromatic N) is 2. The van der Waals surface area contributed by atoms with Crippen molar-refractivity contribution in [3.05, 3.63) is 29.8 Å². The number of rotatable bonds is 6. The highest BCUT2D eigenvalue weighted by Gasteiger charge is 2.23. The molecule has 3 saturated heterocycles. The number of likely N-dealkylation sites (tertiary alicyclic amines) is 1. The van der Waals surface area contributed by atoms with Gasteiger partial charge in [0.2, 0.25) is 5.91 Å². The third kappa shape index (κ3) is 5.96. The van der Waals surface area contributed by atoms with Crippen molar-refractivity contribution in [2.45, 2.75) is 57.1 Å². The van der Waals surface area contributed by atoms with Crippen LogP contribution in [-0.2, 0) is 16.0 Å². The second-order valence-electron chi connectivity index (χ2n) is 9.18. The van der Waals surface area contributed by atoms with Gasteiger partial charge in [-0.05, 0) is 68.7 Å². The molecule has 0 bridgehead atoms. The Morgan fingerprint density at radius 3 is 2.30 bits per heavy atom. The molecule has 166 valence electrons. The van der Waals surface area contributed by atoms with Gasteiger partial charge in [-0.25, -0.2) is 0 Å². The van der Waals surface area contributed by atoms with Crippen molar-refractivity contribution in [3.8, 4) is 0 Å². The summed E-state index contributed by atoms with van der Waals surface area (Å²) >= 11 is 0. The third-order valence-corrected chi connectivity index (χ3v) is 7.01. The molecule has 6 nitrogen and oxygen atoms in total. The Labute approximate surface area is 180 Å².